The van der Waals surface area contributed by atoms with Gasteiger partial charge in [-0.15, -0.1) is 35.3 Å². The summed E-state index contributed by atoms with van der Waals surface area (Å²) in [7, 11) is 1.75. The Morgan fingerprint density at radius 2 is 1.88 bits per heavy atom. The van der Waals surface area contributed by atoms with E-state index in [0.717, 1.165) is 18.1 Å². The van der Waals surface area contributed by atoms with E-state index in [1.165, 1.54) is 4.88 Å². The molecule has 2 rings (SSSR count). The first-order valence-electron chi connectivity index (χ1n) is 7.79. The number of aliphatic imine (C=N–C) groups is 1. The molecule has 2 aromatic rings. The van der Waals surface area contributed by atoms with Crippen LogP contribution in [-0.4, -0.2) is 25.5 Å². The fourth-order valence-corrected chi connectivity index (χ4v) is 3.10. The van der Waals surface area contributed by atoms with Crippen molar-refractivity contribution in [2.75, 3.05) is 13.6 Å². The Labute approximate surface area is 170 Å². The zero-order valence-electron chi connectivity index (χ0n) is 14.7. The zero-order chi connectivity index (χ0) is 17.6. The number of hydrogen-bond donors (Lipinski definition) is 3. The summed E-state index contributed by atoms with van der Waals surface area (Å²) in [5, 5.41) is 8.74. The van der Waals surface area contributed by atoms with Crippen LogP contribution >= 0.6 is 35.3 Å². The lowest BCUT2D eigenvalue weighted by molar-refractivity contribution is 0.100. The van der Waals surface area contributed by atoms with Gasteiger partial charge in [0.1, 0.15) is 0 Å². The average molecular weight is 472 g/mol. The maximum Gasteiger partial charge on any atom is 0.248 e. The van der Waals surface area contributed by atoms with E-state index in [1.807, 2.05) is 12.1 Å². The number of carbonyl (C=O) groups is 1. The van der Waals surface area contributed by atoms with E-state index < -0.39 is 5.91 Å². The number of nitrogens with two attached hydrogens (primary N) is 1. The highest BCUT2D eigenvalue weighted by Gasteiger charge is 2.21. The second kappa shape index (κ2) is 9.76. The Balaban J connectivity index is 0.00000312. The minimum absolute atomic E-state index is 0. The number of rotatable bonds is 6. The Morgan fingerprint density at radius 1 is 1.20 bits per heavy atom. The van der Waals surface area contributed by atoms with Crippen LogP contribution in [0, 0.1) is 0 Å². The van der Waals surface area contributed by atoms with Gasteiger partial charge in [-0.25, -0.2) is 0 Å². The number of guanidine groups is 1. The van der Waals surface area contributed by atoms with Gasteiger partial charge in [-0.05, 0) is 29.1 Å². The van der Waals surface area contributed by atoms with E-state index >= 15 is 0 Å². The van der Waals surface area contributed by atoms with Crippen molar-refractivity contribution in [3.05, 3.63) is 57.8 Å². The molecule has 0 unspecified atom stereocenters. The van der Waals surface area contributed by atoms with Gasteiger partial charge in [-0.1, -0.05) is 32.0 Å². The van der Waals surface area contributed by atoms with E-state index in [-0.39, 0.29) is 29.4 Å². The molecule has 25 heavy (non-hydrogen) atoms. The number of nitrogens with zero attached hydrogens (tertiary/aromatic N) is 1. The molecule has 0 saturated heterocycles. The molecule has 1 aromatic heterocycles. The van der Waals surface area contributed by atoms with Crippen LogP contribution in [0.4, 0.5) is 0 Å². The van der Waals surface area contributed by atoms with Crippen molar-refractivity contribution in [2.45, 2.75) is 25.8 Å². The Morgan fingerprint density at radius 3 is 2.40 bits per heavy atom. The van der Waals surface area contributed by atoms with Crippen molar-refractivity contribution in [1.82, 2.24) is 10.6 Å². The molecule has 1 heterocycles. The van der Waals surface area contributed by atoms with Crippen LogP contribution in [-0.2, 0) is 12.0 Å². The number of halogens is 1. The molecule has 0 aliphatic rings. The number of thiophene rings is 1. The quantitative estimate of drug-likeness (QED) is 0.344. The normalized spacial score (nSPS) is 11.6. The number of amides is 1. The first-order chi connectivity index (χ1) is 11.4. The van der Waals surface area contributed by atoms with Gasteiger partial charge in [0, 0.05) is 36.0 Å². The maximum absolute atomic E-state index is 11.1. The molecular weight excluding hydrogens is 447 g/mol. The van der Waals surface area contributed by atoms with Crippen molar-refractivity contribution in [3.63, 3.8) is 0 Å². The summed E-state index contributed by atoms with van der Waals surface area (Å²) in [5.74, 6) is 0.335. The van der Waals surface area contributed by atoms with Crippen molar-refractivity contribution in [2.24, 2.45) is 10.7 Å². The van der Waals surface area contributed by atoms with Gasteiger partial charge < -0.3 is 16.4 Å². The van der Waals surface area contributed by atoms with Crippen LogP contribution in [0.3, 0.4) is 0 Å². The standard InChI is InChI=1S/C18H24N4OS.HI/c1-18(2,15-5-4-10-24-15)12-22-17(20-3)21-11-13-6-8-14(9-7-13)16(19)23;/h4-10H,11-12H2,1-3H3,(H2,19,23)(H2,20,21,22);1H. The van der Waals surface area contributed by atoms with Crippen molar-refractivity contribution in [1.29, 1.82) is 0 Å². The summed E-state index contributed by atoms with van der Waals surface area (Å²) in [6, 6.07) is 11.5. The van der Waals surface area contributed by atoms with Gasteiger partial charge in [0.05, 0.1) is 0 Å². The van der Waals surface area contributed by atoms with Gasteiger partial charge in [-0.3, -0.25) is 9.79 Å². The van der Waals surface area contributed by atoms with Gasteiger partial charge in [0.15, 0.2) is 5.96 Å². The molecule has 0 atom stereocenters. The van der Waals surface area contributed by atoms with E-state index in [2.05, 4.69) is 47.0 Å². The molecular formula is C18H25IN4OS. The zero-order valence-corrected chi connectivity index (χ0v) is 17.9. The highest BCUT2D eigenvalue weighted by Crippen LogP contribution is 2.26. The third-order valence-corrected chi connectivity index (χ3v) is 5.04. The van der Waals surface area contributed by atoms with E-state index in [1.54, 1.807) is 30.5 Å². The van der Waals surface area contributed by atoms with E-state index in [9.17, 15) is 4.79 Å². The largest absolute Gasteiger partial charge is 0.366 e. The maximum atomic E-state index is 11.1. The summed E-state index contributed by atoms with van der Waals surface area (Å²) in [6.07, 6.45) is 0. The van der Waals surface area contributed by atoms with Crippen LogP contribution in [0.25, 0.3) is 0 Å². The first kappa shape index (κ1) is 21.4. The van der Waals surface area contributed by atoms with Gasteiger partial charge >= 0.3 is 0 Å². The van der Waals surface area contributed by atoms with Crippen LogP contribution in [0.2, 0.25) is 0 Å². The highest BCUT2D eigenvalue weighted by atomic mass is 127. The lowest BCUT2D eigenvalue weighted by Crippen LogP contribution is -2.42. The third kappa shape index (κ3) is 6.32. The number of benzene rings is 1. The van der Waals surface area contributed by atoms with E-state index in [0.29, 0.717) is 12.1 Å². The molecule has 1 amide bonds. The molecule has 0 fully saturated rings. The minimum atomic E-state index is -0.414. The van der Waals surface area contributed by atoms with Crippen LogP contribution < -0.4 is 16.4 Å². The molecule has 7 heteroatoms. The van der Waals surface area contributed by atoms with Crippen LogP contribution in [0.15, 0.2) is 46.8 Å². The predicted octanol–water partition coefficient (Wildman–Crippen LogP) is 3.11. The lowest BCUT2D eigenvalue weighted by Gasteiger charge is -2.25. The average Bonchev–Trinajstić information content (AvgIpc) is 3.11. The molecule has 0 spiro atoms. The van der Waals surface area contributed by atoms with Crippen LogP contribution in [0.5, 0.6) is 0 Å². The smallest absolute Gasteiger partial charge is 0.248 e. The molecule has 0 bridgehead atoms. The van der Waals surface area contributed by atoms with Gasteiger partial charge in [0.25, 0.3) is 0 Å². The Bertz CT molecular complexity index is 696. The predicted molar refractivity (Wildman–Crippen MR) is 116 cm³/mol. The molecule has 1 aromatic carbocycles. The van der Waals surface area contributed by atoms with Crippen molar-refractivity contribution < 1.29 is 4.79 Å². The fourth-order valence-electron chi connectivity index (χ4n) is 2.25. The third-order valence-electron chi connectivity index (χ3n) is 3.81. The molecule has 136 valence electrons. The summed E-state index contributed by atoms with van der Waals surface area (Å²) >= 11 is 1.76. The molecule has 0 aliphatic carbocycles. The second-order valence-electron chi connectivity index (χ2n) is 6.20. The van der Waals surface area contributed by atoms with Crippen molar-refractivity contribution in [3.8, 4) is 0 Å². The molecule has 0 radical (unpaired) electrons. The number of carbonyl (C=O) groups excluding carboxylic acids is 1. The number of nitrogens with one attached hydrogen (secondary N) is 2. The summed E-state index contributed by atoms with van der Waals surface area (Å²) in [6.45, 7) is 5.83. The lowest BCUT2D eigenvalue weighted by atomic mass is 9.91. The molecule has 0 saturated carbocycles. The van der Waals surface area contributed by atoms with Gasteiger partial charge in [-0.2, -0.15) is 0 Å². The minimum Gasteiger partial charge on any atom is -0.366 e. The Hall–Kier alpha value is -1.61. The second-order valence-corrected chi connectivity index (χ2v) is 7.15. The molecule has 0 aliphatic heterocycles. The SMILES string of the molecule is CN=C(NCc1ccc(C(N)=O)cc1)NCC(C)(C)c1cccs1.I. The van der Waals surface area contributed by atoms with Gasteiger partial charge in [0.2, 0.25) is 5.91 Å². The van der Waals surface area contributed by atoms with Crippen LogP contribution in [0.1, 0.15) is 34.6 Å². The highest BCUT2D eigenvalue weighted by molar-refractivity contribution is 14.0. The topological polar surface area (TPSA) is 79.5 Å². The van der Waals surface area contributed by atoms with Crippen molar-refractivity contribution >= 4 is 47.2 Å². The van der Waals surface area contributed by atoms with E-state index in [4.69, 9.17) is 5.73 Å². The molecule has 4 N–H and O–H groups in total. The number of primary amides is 1. The Kier molecular flexibility index (Phi) is 8.37. The first-order valence-corrected chi connectivity index (χ1v) is 8.67. The summed E-state index contributed by atoms with van der Waals surface area (Å²) in [5.41, 5.74) is 6.85. The molecule has 5 nitrogen and oxygen atoms in total. The number of hydrogen-bond acceptors (Lipinski definition) is 3. The fraction of sp³-hybridized carbons (Fsp3) is 0.333. The summed E-state index contributed by atoms with van der Waals surface area (Å²) < 4.78 is 0. The summed E-state index contributed by atoms with van der Waals surface area (Å²) in [4.78, 5) is 16.7. The monoisotopic (exact) mass is 472 g/mol.